The maximum absolute atomic E-state index is 5.87. The number of rotatable bonds is 3. The van der Waals surface area contributed by atoms with Gasteiger partial charge in [-0.05, 0) is 44.1 Å². The molecule has 0 N–H and O–H groups in total. The third kappa shape index (κ3) is 2.42. The van der Waals surface area contributed by atoms with E-state index in [2.05, 4.69) is 21.9 Å². The number of ether oxygens (including phenoxy) is 1. The fourth-order valence-corrected chi connectivity index (χ4v) is 4.77. The molecule has 1 fully saturated rings. The van der Waals surface area contributed by atoms with E-state index in [9.17, 15) is 0 Å². The zero-order chi connectivity index (χ0) is 14.2. The molecule has 1 unspecified atom stereocenters. The summed E-state index contributed by atoms with van der Waals surface area (Å²) in [7, 11) is 2.14. The van der Waals surface area contributed by atoms with Crippen LogP contribution in [0.1, 0.15) is 36.1 Å². The van der Waals surface area contributed by atoms with E-state index >= 15 is 0 Å². The van der Waals surface area contributed by atoms with Crippen LogP contribution in [0.3, 0.4) is 0 Å². The highest BCUT2D eigenvalue weighted by molar-refractivity contribution is 7.19. The fraction of sp³-hybridized carbons (Fsp3) is 0.625. The minimum absolute atomic E-state index is 0.348. The molecule has 0 spiro atoms. The van der Waals surface area contributed by atoms with Gasteiger partial charge in [0.05, 0.1) is 11.5 Å². The topological polar surface area (TPSA) is 38.2 Å². The van der Waals surface area contributed by atoms with Crippen LogP contribution >= 0.6 is 11.3 Å². The van der Waals surface area contributed by atoms with Crippen LogP contribution in [0.2, 0.25) is 0 Å². The Kier molecular flexibility index (Phi) is 3.55. The zero-order valence-corrected chi connectivity index (χ0v) is 13.3. The summed E-state index contributed by atoms with van der Waals surface area (Å²) in [4.78, 5) is 14.0. The van der Waals surface area contributed by atoms with Crippen molar-refractivity contribution in [3.05, 3.63) is 16.8 Å². The second-order valence-corrected chi connectivity index (χ2v) is 7.19. The first kappa shape index (κ1) is 13.5. The molecule has 0 radical (unpaired) electrons. The van der Waals surface area contributed by atoms with Crippen LogP contribution in [0.4, 0.5) is 5.82 Å². The summed E-state index contributed by atoms with van der Waals surface area (Å²) in [6.45, 7) is 1.84. The molecule has 21 heavy (non-hydrogen) atoms. The molecule has 4 nitrogen and oxygen atoms in total. The van der Waals surface area contributed by atoms with Crippen LogP contribution < -0.4 is 4.90 Å². The molecule has 4 rings (SSSR count). The maximum Gasteiger partial charge on any atom is 0.140 e. The third-order valence-corrected chi connectivity index (χ3v) is 5.79. The molecule has 0 amide bonds. The number of nitrogens with zero attached hydrogens (tertiary/aromatic N) is 3. The van der Waals surface area contributed by atoms with Crippen LogP contribution in [0.15, 0.2) is 6.33 Å². The van der Waals surface area contributed by atoms with Gasteiger partial charge in [0.1, 0.15) is 17.0 Å². The van der Waals surface area contributed by atoms with Gasteiger partial charge in [0.2, 0.25) is 0 Å². The summed E-state index contributed by atoms with van der Waals surface area (Å²) in [6.07, 6.45) is 9.39. The first-order valence-electron chi connectivity index (χ1n) is 7.91. The average Bonchev–Trinajstić information content (AvgIpc) is 3.08. The van der Waals surface area contributed by atoms with E-state index in [0.29, 0.717) is 6.10 Å². The number of hydrogen-bond acceptors (Lipinski definition) is 5. The number of aromatic nitrogens is 2. The lowest BCUT2D eigenvalue weighted by Crippen LogP contribution is -2.33. The molecule has 5 heteroatoms. The molecule has 112 valence electrons. The number of aryl methyl sites for hydroxylation is 2. The van der Waals surface area contributed by atoms with Crippen molar-refractivity contribution in [2.75, 3.05) is 25.1 Å². The summed E-state index contributed by atoms with van der Waals surface area (Å²) in [5, 5.41) is 1.30. The van der Waals surface area contributed by atoms with Gasteiger partial charge < -0.3 is 9.64 Å². The predicted octanol–water partition coefficient (Wildman–Crippen LogP) is 3.19. The maximum atomic E-state index is 5.87. The molecule has 0 aromatic carbocycles. The van der Waals surface area contributed by atoms with Gasteiger partial charge in [-0.15, -0.1) is 11.3 Å². The van der Waals surface area contributed by atoms with Gasteiger partial charge in [-0.1, -0.05) is 0 Å². The minimum Gasteiger partial charge on any atom is -0.376 e. The van der Waals surface area contributed by atoms with E-state index in [1.165, 1.54) is 54.4 Å². The van der Waals surface area contributed by atoms with E-state index in [-0.39, 0.29) is 0 Å². The lowest BCUT2D eigenvalue weighted by atomic mass is 10.1. The Bertz CT molecular complexity index is 648. The summed E-state index contributed by atoms with van der Waals surface area (Å²) >= 11 is 1.86. The lowest BCUT2D eigenvalue weighted by molar-refractivity contribution is 0.0215. The molecule has 2 aromatic heterocycles. The molecule has 0 bridgehead atoms. The lowest BCUT2D eigenvalue weighted by Gasteiger charge is -2.28. The number of fused-ring (bicyclic) bond motifs is 3. The van der Waals surface area contributed by atoms with Crippen LogP contribution in [0, 0.1) is 0 Å². The number of hydrogen-bond donors (Lipinski definition) is 0. The van der Waals surface area contributed by atoms with Crippen LogP contribution in [0.5, 0.6) is 0 Å². The fourth-order valence-electron chi connectivity index (χ4n) is 3.54. The summed E-state index contributed by atoms with van der Waals surface area (Å²) in [5.41, 5.74) is 1.50. The molecule has 1 aliphatic carbocycles. The predicted molar refractivity (Wildman–Crippen MR) is 86.3 cm³/mol. The van der Waals surface area contributed by atoms with E-state index in [1.807, 2.05) is 11.3 Å². The Morgan fingerprint density at radius 1 is 1.29 bits per heavy atom. The van der Waals surface area contributed by atoms with Gasteiger partial charge in [-0.25, -0.2) is 9.97 Å². The molecule has 1 saturated heterocycles. The zero-order valence-electron chi connectivity index (χ0n) is 12.5. The summed E-state index contributed by atoms with van der Waals surface area (Å²) in [6, 6.07) is 0. The third-order valence-electron chi connectivity index (χ3n) is 4.59. The largest absolute Gasteiger partial charge is 0.376 e. The Morgan fingerprint density at radius 2 is 2.24 bits per heavy atom. The average molecular weight is 303 g/mol. The van der Waals surface area contributed by atoms with Gasteiger partial charge in [-0.3, -0.25) is 0 Å². The molecular formula is C16H21N3OS. The summed E-state index contributed by atoms with van der Waals surface area (Å²) < 4.78 is 5.87. The normalized spacial score (nSPS) is 21.7. The Balaban J connectivity index is 1.65. The van der Waals surface area contributed by atoms with Crippen LogP contribution in [-0.4, -0.2) is 36.3 Å². The van der Waals surface area contributed by atoms with Crippen molar-refractivity contribution < 1.29 is 4.74 Å². The van der Waals surface area contributed by atoms with Crippen molar-refractivity contribution in [3.63, 3.8) is 0 Å². The second kappa shape index (κ2) is 5.54. The molecular weight excluding hydrogens is 282 g/mol. The van der Waals surface area contributed by atoms with Crippen molar-refractivity contribution in [2.45, 2.75) is 44.6 Å². The molecule has 1 atom stereocenters. The molecule has 3 heterocycles. The Hall–Kier alpha value is -1.20. The van der Waals surface area contributed by atoms with E-state index in [1.54, 1.807) is 6.33 Å². The molecule has 1 aliphatic heterocycles. The van der Waals surface area contributed by atoms with Gasteiger partial charge in [0, 0.05) is 25.1 Å². The Labute approximate surface area is 129 Å². The monoisotopic (exact) mass is 303 g/mol. The molecule has 0 saturated carbocycles. The van der Waals surface area contributed by atoms with Crippen molar-refractivity contribution in [1.29, 1.82) is 0 Å². The van der Waals surface area contributed by atoms with Crippen molar-refractivity contribution in [3.8, 4) is 0 Å². The molecule has 2 aromatic rings. The number of likely N-dealkylation sites (N-methyl/N-ethyl adjacent to an activating group) is 1. The van der Waals surface area contributed by atoms with Gasteiger partial charge in [-0.2, -0.15) is 0 Å². The van der Waals surface area contributed by atoms with Gasteiger partial charge in [0.25, 0.3) is 0 Å². The Morgan fingerprint density at radius 3 is 3.10 bits per heavy atom. The standard InChI is InChI=1S/C16H21N3OS/c1-19(9-11-5-2-3-8-20-11)15-14-12-6-4-7-13(12)21-16(14)18-10-17-15/h10-11H,2-9H2,1H3. The van der Waals surface area contributed by atoms with E-state index in [4.69, 9.17) is 4.74 Å². The van der Waals surface area contributed by atoms with Gasteiger partial charge >= 0.3 is 0 Å². The van der Waals surface area contributed by atoms with Crippen molar-refractivity contribution in [1.82, 2.24) is 9.97 Å². The highest BCUT2D eigenvalue weighted by Crippen LogP contribution is 2.39. The van der Waals surface area contributed by atoms with Crippen LogP contribution in [-0.2, 0) is 17.6 Å². The quantitative estimate of drug-likeness (QED) is 0.873. The summed E-state index contributed by atoms with van der Waals surface area (Å²) in [5.74, 6) is 1.09. The van der Waals surface area contributed by atoms with Crippen LogP contribution in [0.25, 0.3) is 10.2 Å². The van der Waals surface area contributed by atoms with E-state index < -0.39 is 0 Å². The number of thiophene rings is 1. The SMILES string of the molecule is CN(CC1CCCCO1)c1ncnc2sc3c(c12)CCC3. The second-order valence-electron chi connectivity index (χ2n) is 6.10. The molecule has 2 aliphatic rings. The highest BCUT2D eigenvalue weighted by atomic mass is 32.1. The smallest absolute Gasteiger partial charge is 0.140 e. The first-order chi connectivity index (χ1) is 10.3. The van der Waals surface area contributed by atoms with Crippen molar-refractivity contribution in [2.24, 2.45) is 0 Å². The van der Waals surface area contributed by atoms with Crippen molar-refractivity contribution >= 4 is 27.4 Å². The highest BCUT2D eigenvalue weighted by Gasteiger charge is 2.24. The first-order valence-corrected chi connectivity index (χ1v) is 8.72. The minimum atomic E-state index is 0.348. The number of anilines is 1. The van der Waals surface area contributed by atoms with Gasteiger partial charge in [0.15, 0.2) is 0 Å². The van der Waals surface area contributed by atoms with E-state index in [0.717, 1.165) is 23.8 Å².